The molecule has 0 spiro atoms. The molecule has 18 heavy (non-hydrogen) atoms. The molecule has 1 N–H and O–H groups in total. The molecule has 0 aromatic carbocycles. The highest BCUT2D eigenvalue weighted by Crippen LogP contribution is 2.22. The van der Waals surface area contributed by atoms with Crippen LogP contribution in [0.2, 0.25) is 0 Å². The van der Waals surface area contributed by atoms with Crippen LogP contribution in [0.5, 0.6) is 0 Å². The number of rotatable bonds is 8. The minimum atomic E-state index is -4.43. The van der Waals surface area contributed by atoms with Crippen molar-refractivity contribution in [3.05, 3.63) is 12.7 Å². The maximum absolute atomic E-state index is 11.9. The van der Waals surface area contributed by atoms with E-state index in [4.69, 9.17) is 5.11 Å². The molecule has 9 heteroatoms. The summed E-state index contributed by atoms with van der Waals surface area (Å²) >= 11 is 0. The van der Waals surface area contributed by atoms with Crippen LogP contribution in [0.3, 0.4) is 0 Å². The van der Waals surface area contributed by atoms with Crippen molar-refractivity contribution in [3.63, 3.8) is 0 Å². The van der Waals surface area contributed by atoms with Crippen LogP contribution < -0.4 is 0 Å². The average molecular weight is 289 g/mol. The first-order valence-electron chi connectivity index (χ1n) is 4.96. The predicted molar refractivity (Wildman–Crippen MR) is 58.5 cm³/mol. The topological polar surface area (TPSA) is 74.7 Å². The van der Waals surface area contributed by atoms with Gasteiger partial charge in [0.2, 0.25) is 10.0 Å². The molecule has 0 aromatic rings. The number of hydrogen-bond acceptors (Lipinski definition) is 3. The van der Waals surface area contributed by atoms with Crippen molar-refractivity contribution in [2.24, 2.45) is 0 Å². The van der Waals surface area contributed by atoms with E-state index in [-0.39, 0.29) is 6.54 Å². The van der Waals surface area contributed by atoms with Crippen LogP contribution in [-0.2, 0) is 14.8 Å². The molecule has 5 nitrogen and oxygen atoms in total. The normalized spacial score (nSPS) is 12.7. The Bertz CT molecular complexity index is 391. The van der Waals surface area contributed by atoms with Gasteiger partial charge in [0.15, 0.2) is 0 Å². The largest absolute Gasteiger partial charge is 0.480 e. The van der Waals surface area contributed by atoms with Gasteiger partial charge in [-0.1, -0.05) is 6.08 Å². The monoisotopic (exact) mass is 289 g/mol. The number of hydrogen-bond donors (Lipinski definition) is 1. The summed E-state index contributed by atoms with van der Waals surface area (Å²) in [5, 5.41) is 8.51. The zero-order valence-electron chi connectivity index (χ0n) is 9.48. The van der Waals surface area contributed by atoms with E-state index < -0.39 is 47.3 Å². The van der Waals surface area contributed by atoms with Gasteiger partial charge in [-0.15, -0.1) is 6.58 Å². The van der Waals surface area contributed by atoms with Crippen molar-refractivity contribution >= 4 is 16.0 Å². The van der Waals surface area contributed by atoms with Crippen molar-refractivity contribution in [1.82, 2.24) is 4.31 Å². The van der Waals surface area contributed by atoms with Gasteiger partial charge >= 0.3 is 12.1 Å². The summed E-state index contributed by atoms with van der Waals surface area (Å²) in [5.74, 6) is -2.12. The summed E-state index contributed by atoms with van der Waals surface area (Å²) in [6.45, 7) is 2.22. The van der Waals surface area contributed by atoms with Gasteiger partial charge in [0.05, 0.1) is 5.75 Å². The summed E-state index contributed by atoms with van der Waals surface area (Å²) in [6, 6.07) is 0. The fraction of sp³-hybridized carbons (Fsp3) is 0.667. The van der Waals surface area contributed by atoms with Crippen molar-refractivity contribution in [1.29, 1.82) is 0 Å². The summed E-state index contributed by atoms with van der Waals surface area (Å²) < 4.78 is 59.4. The van der Waals surface area contributed by atoms with Crippen molar-refractivity contribution in [2.75, 3.05) is 18.8 Å². The number of sulfonamides is 1. The van der Waals surface area contributed by atoms with Gasteiger partial charge in [-0.25, -0.2) is 8.42 Å². The van der Waals surface area contributed by atoms with E-state index in [9.17, 15) is 26.4 Å². The van der Waals surface area contributed by atoms with E-state index in [0.29, 0.717) is 4.31 Å². The third-order valence-corrected chi connectivity index (χ3v) is 3.77. The van der Waals surface area contributed by atoms with E-state index in [1.807, 2.05) is 0 Å². The molecule has 0 radical (unpaired) electrons. The molecule has 0 rings (SSSR count). The third-order valence-electron chi connectivity index (χ3n) is 1.90. The number of carboxylic acids is 1. The maximum Gasteiger partial charge on any atom is 0.389 e. The third kappa shape index (κ3) is 7.28. The summed E-state index contributed by atoms with van der Waals surface area (Å²) in [7, 11) is -4.02. The highest BCUT2D eigenvalue weighted by atomic mass is 32.2. The van der Waals surface area contributed by atoms with Gasteiger partial charge in [-0.2, -0.15) is 17.5 Å². The molecular formula is C9H14F3NO4S. The smallest absolute Gasteiger partial charge is 0.389 e. The van der Waals surface area contributed by atoms with Crippen LogP contribution in [-0.4, -0.2) is 48.8 Å². The minimum Gasteiger partial charge on any atom is -0.480 e. The molecule has 0 amide bonds. The van der Waals surface area contributed by atoms with E-state index in [1.54, 1.807) is 0 Å². The van der Waals surface area contributed by atoms with Crippen molar-refractivity contribution in [2.45, 2.75) is 19.0 Å². The number of halogens is 3. The molecule has 0 saturated carbocycles. The van der Waals surface area contributed by atoms with E-state index in [0.717, 1.165) is 0 Å². The van der Waals surface area contributed by atoms with Crippen LogP contribution in [0.4, 0.5) is 13.2 Å². The quantitative estimate of drug-likeness (QED) is 0.682. The zero-order chi connectivity index (χ0) is 14.4. The Morgan fingerprint density at radius 1 is 1.39 bits per heavy atom. The second-order valence-electron chi connectivity index (χ2n) is 3.51. The molecule has 0 heterocycles. The second-order valence-corrected chi connectivity index (χ2v) is 5.60. The SMILES string of the molecule is C=CCN(CC(=O)O)S(=O)(=O)CCCC(F)(F)F. The van der Waals surface area contributed by atoms with Crippen LogP contribution in [0.15, 0.2) is 12.7 Å². The number of aliphatic carboxylic acids is 1. The first-order chi connectivity index (χ1) is 8.08. The second kappa shape index (κ2) is 6.74. The van der Waals surface area contributed by atoms with Crippen LogP contribution >= 0.6 is 0 Å². The van der Waals surface area contributed by atoms with Gasteiger partial charge in [-0.3, -0.25) is 4.79 Å². The number of carboxylic acid groups (broad SMARTS) is 1. The minimum absolute atomic E-state index is 0.249. The Kier molecular flexibility index (Phi) is 6.33. The lowest BCUT2D eigenvalue weighted by Crippen LogP contribution is -2.37. The Labute approximate surface area is 103 Å². The Morgan fingerprint density at radius 3 is 2.33 bits per heavy atom. The first kappa shape index (κ1) is 16.9. The Morgan fingerprint density at radius 2 is 1.94 bits per heavy atom. The highest BCUT2D eigenvalue weighted by Gasteiger charge is 2.29. The summed E-state index contributed by atoms with van der Waals surface area (Å²) in [5.41, 5.74) is 0. The zero-order valence-corrected chi connectivity index (χ0v) is 10.3. The standard InChI is InChI=1S/C9H14F3NO4S/c1-2-5-13(7-8(14)15)18(16,17)6-3-4-9(10,11)12/h2H,1,3-7H2,(H,14,15). The number of nitrogens with zero attached hydrogens (tertiary/aromatic N) is 1. The number of carbonyl (C=O) groups is 1. The lowest BCUT2D eigenvalue weighted by atomic mass is 10.3. The predicted octanol–water partition coefficient (Wildman–Crippen LogP) is 1.23. The molecule has 106 valence electrons. The van der Waals surface area contributed by atoms with Crippen molar-refractivity contribution < 1.29 is 31.5 Å². The maximum atomic E-state index is 11.9. The van der Waals surface area contributed by atoms with Gasteiger partial charge in [-0.05, 0) is 6.42 Å². The van der Waals surface area contributed by atoms with Gasteiger partial charge in [0, 0.05) is 13.0 Å². The summed E-state index contributed by atoms with van der Waals surface area (Å²) in [6.07, 6.45) is -5.07. The lowest BCUT2D eigenvalue weighted by Gasteiger charge is -2.18. The van der Waals surface area contributed by atoms with E-state index in [2.05, 4.69) is 6.58 Å². The molecule has 0 aliphatic carbocycles. The molecule has 0 fully saturated rings. The van der Waals surface area contributed by atoms with Crippen LogP contribution in [0, 0.1) is 0 Å². The molecular weight excluding hydrogens is 275 g/mol. The first-order valence-corrected chi connectivity index (χ1v) is 6.56. The molecule has 0 bridgehead atoms. The Hall–Kier alpha value is -1.09. The van der Waals surface area contributed by atoms with E-state index >= 15 is 0 Å². The van der Waals surface area contributed by atoms with Gasteiger partial charge in [0.1, 0.15) is 6.54 Å². The van der Waals surface area contributed by atoms with E-state index in [1.165, 1.54) is 6.08 Å². The molecule has 0 aliphatic rings. The summed E-state index contributed by atoms with van der Waals surface area (Å²) in [4.78, 5) is 10.4. The lowest BCUT2D eigenvalue weighted by molar-refractivity contribution is -0.137. The molecule has 0 aromatic heterocycles. The fourth-order valence-corrected chi connectivity index (χ4v) is 2.56. The van der Waals surface area contributed by atoms with Crippen LogP contribution in [0.25, 0.3) is 0 Å². The molecule has 0 saturated heterocycles. The molecule has 0 atom stereocenters. The van der Waals surface area contributed by atoms with Crippen LogP contribution in [0.1, 0.15) is 12.8 Å². The van der Waals surface area contributed by atoms with Gasteiger partial charge < -0.3 is 5.11 Å². The molecule has 0 aliphatic heterocycles. The Balaban J connectivity index is 4.55. The van der Waals surface area contributed by atoms with Gasteiger partial charge in [0.25, 0.3) is 0 Å². The highest BCUT2D eigenvalue weighted by molar-refractivity contribution is 7.89. The van der Waals surface area contributed by atoms with Crippen molar-refractivity contribution in [3.8, 4) is 0 Å². The fourth-order valence-electron chi connectivity index (χ4n) is 1.16. The average Bonchev–Trinajstić information content (AvgIpc) is 2.13. The molecule has 0 unspecified atom stereocenters. The number of alkyl halides is 3.